The van der Waals surface area contributed by atoms with Crippen LogP contribution in [0, 0.1) is 0 Å². The van der Waals surface area contributed by atoms with E-state index in [-0.39, 0.29) is 0 Å². The molecule has 0 amide bonds. The van der Waals surface area contributed by atoms with Gasteiger partial charge in [0.15, 0.2) is 0 Å². The summed E-state index contributed by atoms with van der Waals surface area (Å²) in [5.41, 5.74) is 2.86. The van der Waals surface area contributed by atoms with Crippen molar-refractivity contribution in [2.75, 3.05) is 0 Å². The van der Waals surface area contributed by atoms with Crippen LogP contribution >= 0.6 is 23.2 Å². The number of aromatic amines is 1. The summed E-state index contributed by atoms with van der Waals surface area (Å²) in [6, 6.07) is 15.4. The van der Waals surface area contributed by atoms with Crippen LogP contribution in [0.15, 0.2) is 54.7 Å². The molecule has 0 aliphatic carbocycles. The third-order valence-corrected chi connectivity index (χ3v) is 3.23. The van der Waals surface area contributed by atoms with Gasteiger partial charge in [0.2, 0.25) is 0 Å². The number of imidazole rings is 1. The Morgan fingerprint density at radius 2 is 1.53 bits per heavy atom. The lowest BCUT2D eigenvalue weighted by Crippen LogP contribution is -1.81. The minimum absolute atomic E-state index is 0.610. The number of H-pyrrole nitrogens is 1. The fourth-order valence-electron chi connectivity index (χ4n) is 1.92. The quantitative estimate of drug-likeness (QED) is 0.702. The SMILES string of the molecule is Clc1cc(Cl)cc(-c2cnc(-c3ccccc3)[nH]2)c1. The lowest BCUT2D eigenvalue weighted by atomic mass is 10.2. The maximum absolute atomic E-state index is 6.01. The zero-order valence-corrected chi connectivity index (χ0v) is 11.4. The monoisotopic (exact) mass is 288 g/mol. The number of aromatic nitrogens is 2. The Labute approximate surface area is 121 Å². The number of hydrogen-bond acceptors (Lipinski definition) is 1. The standard InChI is InChI=1S/C15H10Cl2N2/c16-12-6-11(7-13(17)8-12)14-9-18-15(19-14)10-4-2-1-3-5-10/h1-9H,(H,18,19). The lowest BCUT2D eigenvalue weighted by molar-refractivity contribution is 1.31. The van der Waals surface area contributed by atoms with Gasteiger partial charge in [-0.3, -0.25) is 0 Å². The predicted octanol–water partition coefficient (Wildman–Crippen LogP) is 5.05. The summed E-state index contributed by atoms with van der Waals surface area (Å²) < 4.78 is 0. The summed E-state index contributed by atoms with van der Waals surface area (Å²) in [6.45, 7) is 0. The van der Waals surface area contributed by atoms with Crippen molar-refractivity contribution in [3.05, 3.63) is 64.8 Å². The average molecular weight is 289 g/mol. The minimum Gasteiger partial charge on any atom is -0.338 e. The summed E-state index contributed by atoms with van der Waals surface area (Å²) in [7, 11) is 0. The van der Waals surface area contributed by atoms with E-state index in [0.29, 0.717) is 10.0 Å². The lowest BCUT2D eigenvalue weighted by Gasteiger charge is -2.00. The first-order valence-corrected chi connectivity index (χ1v) is 6.55. The van der Waals surface area contributed by atoms with E-state index in [1.165, 1.54) is 0 Å². The second-order valence-corrected chi connectivity index (χ2v) is 5.04. The molecule has 2 aromatic carbocycles. The highest BCUT2D eigenvalue weighted by Crippen LogP contribution is 2.27. The molecule has 0 spiro atoms. The molecular formula is C15H10Cl2N2. The van der Waals surface area contributed by atoms with Gasteiger partial charge in [-0.15, -0.1) is 0 Å². The van der Waals surface area contributed by atoms with E-state index in [1.807, 2.05) is 42.5 Å². The van der Waals surface area contributed by atoms with Gasteiger partial charge in [-0.05, 0) is 18.2 Å². The molecule has 94 valence electrons. The number of hydrogen-bond donors (Lipinski definition) is 1. The molecule has 3 rings (SSSR count). The van der Waals surface area contributed by atoms with E-state index in [1.54, 1.807) is 12.3 Å². The maximum atomic E-state index is 6.01. The fourth-order valence-corrected chi connectivity index (χ4v) is 2.45. The molecule has 0 saturated carbocycles. The van der Waals surface area contributed by atoms with Crippen molar-refractivity contribution in [1.29, 1.82) is 0 Å². The van der Waals surface area contributed by atoms with Crippen LogP contribution in [-0.4, -0.2) is 9.97 Å². The van der Waals surface area contributed by atoms with E-state index in [0.717, 1.165) is 22.6 Å². The molecule has 3 aromatic rings. The van der Waals surface area contributed by atoms with E-state index in [2.05, 4.69) is 9.97 Å². The second-order valence-electron chi connectivity index (χ2n) is 4.17. The highest BCUT2D eigenvalue weighted by Gasteiger charge is 2.06. The van der Waals surface area contributed by atoms with Crippen LogP contribution in [0.2, 0.25) is 10.0 Å². The summed E-state index contributed by atoms with van der Waals surface area (Å²) in [4.78, 5) is 7.65. The van der Waals surface area contributed by atoms with Crippen molar-refractivity contribution in [3.8, 4) is 22.6 Å². The molecule has 0 saturated heterocycles. The molecule has 1 N–H and O–H groups in total. The molecule has 0 aliphatic heterocycles. The first-order valence-electron chi connectivity index (χ1n) is 5.79. The van der Waals surface area contributed by atoms with Crippen LogP contribution in [0.25, 0.3) is 22.6 Å². The van der Waals surface area contributed by atoms with Crippen LogP contribution in [0.4, 0.5) is 0 Å². The molecule has 0 bridgehead atoms. The number of nitrogens with one attached hydrogen (secondary N) is 1. The second kappa shape index (κ2) is 5.08. The van der Waals surface area contributed by atoms with Crippen molar-refractivity contribution in [2.24, 2.45) is 0 Å². The van der Waals surface area contributed by atoms with Gasteiger partial charge >= 0.3 is 0 Å². The molecular weight excluding hydrogens is 279 g/mol. The smallest absolute Gasteiger partial charge is 0.137 e. The number of halogens is 2. The molecule has 4 heteroatoms. The summed E-state index contributed by atoms with van der Waals surface area (Å²) in [6.07, 6.45) is 1.78. The molecule has 0 unspecified atom stereocenters. The zero-order valence-electron chi connectivity index (χ0n) is 9.90. The summed E-state index contributed by atoms with van der Waals surface area (Å²) in [5, 5.41) is 1.22. The van der Waals surface area contributed by atoms with E-state index >= 15 is 0 Å². The predicted molar refractivity (Wildman–Crippen MR) is 79.5 cm³/mol. The molecule has 1 aromatic heterocycles. The van der Waals surface area contributed by atoms with Crippen LogP contribution in [0.3, 0.4) is 0 Å². The van der Waals surface area contributed by atoms with Crippen LogP contribution < -0.4 is 0 Å². The Kier molecular flexibility index (Phi) is 3.28. The maximum Gasteiger partial charge on any atom is 0.137 e. The molecule has 0 fully saturated rings. The first-order chi connectivity index (χ1) is 9.22. The molecule has 0 aliphatic rings. The normalized spacial score (nSPS) is 10.6. The van der Waals surface area contributed by atoms with Gasteiger partial charge < -0.3 is 4.98 Å². The average Bonchev–Trinajstić information content (AvgIpc) is 2.88. The van der Waals surface area contributed by atoms with Crippen molar-refractivity contribution in [3.63, 3.8) is 0 Å². The van der Waals surface area contributed by atoms with Gasteiger partial charge in [-0.1, -0.05) is 53.5 Å². The van der Waals surface area contributed by atoms with Crippen molar-refractivity contribution in [1.82, 2.24) is 9.97 Å². The van der Waals surface area contributed by atoms with Gasteiger partial charge in [-0.2, -0.15) is 0 Å². The summed E-state index contributed by atoms with van der Waals surface area (Å²) in [5.74, 6) is 0.826. The van der Waals surface area contributed by atoms with E-state index in [9.17, 15) is 0 Å². The largest absolute Gasteiger partial charge is 0.338 e. The summed E-state index contributed by atoms with van der Waals surface area (Å²) >= 11 is 12.0. The number of benzene rings is 2. The number of rotatable bonds is 2. The van der Waals surface area contributed by atoms with E-state index in [4.69, 9.17) is 23.2 Å². The Bertz CT molecular complexity index is 685. The Hall–Kier alpha value is -1.77. The molecule has 1 heterocycles. The van der Waals surface area contributed by atoms with E-state index < -0.39 is 0 Å². The molecule has 0 atom stereocenters. The third-order valence-electron chi connectivity index (χ3n) is 2.80. The van der Waals surface area contributed by atoms with Crippen molar-refractivity contribution in [2.45, 2.75) is 0 Å². The van der Waals surface area contributed by atoms with Crippen LogP contribution in [0.5, 0.6) is 0 Å². The minimum atomic E-state index is 0.610. The molecule has 0 radical (unpaired) electrons. The highest BCUT2D eigenvalue weighted by molar-refractivity contribution is 6.35. The topological polar surface area (TPSA) is 28.7 Å². The fraction of sp³-hybridized carbons (Fsp3) is 0. The molecule has 19 heavy (non-hydrogen) atoms. The first kappa shape index (κ1) is 12.3. The Morgan fingerprint density at radius 1 is 0.842 bits per heavy atom. The van der Waals surface area contributed by atoms with Crippen molar-refractivity contribution < 1.29 is 0 Å². The van der Waals surface area contributed by atoms with Gasteiger partial charge in [0.05, 0.1) is 11.9 Å². The number of nitrogens with zero attached hydrogens (tertiary/aromatic N) is 1. The van der Waals surface area contributed by atoms with Crippen LogP contribution in [0.1, 0.15) is 0 Å². The van der Waals surface area contributed by atoms with Gasteiger partial charge in [0.25, 0.3) is 0 Å². The van der Waals surface area contributed by atoms with Crippen molar-refractivity contribution >= 4 is 23.2 Å². The van der Waals surface area contributed by atoms with Gasteiger partial charge in [0.1, 0.15) is 5.82 Å². The highest BCUT2D eigenvalue weighted by atomic mass is 35.5. The van der Waals surface area contributed by atoms with Gasteiger partial charge in [-0.25, -0.2) is 4.98 Å². The van der Waals surface area contributed by atoms with Gasteiger partial charge in [0, 0.05) is 21.2 Å². The van der Waals surface area contributed by atoms with Crippen LogP contribution in [-0.2, 0) is 0 Å². The third kappa shape index (κ3) is 2.65. The Morgan fingerprint density at radius 3 is 2.21 bits per heavy atom. The zero-order chi connectivity index (χ0) is 13.2. The Balaban J connectivity index is 2.02. The molecule has 2 nitrogen and oxygen atoms in total.